The number of rotatable bonds is 3. The van der Waals surface area contributed by atoms with Crippen LogP contribution in [0.15, 0.2) is 84.9 Å². The van der Waals surface area contributed by atoms with Gasteiger partial charge in [0, 0.05) is 6.54 Å². The van der Waals surface area contributed by atoms with E-state index in [1.165, 1.54) is 5.56 Å². The number of fused-ring (bicyclic) bond motifs is 2. The van der Waals surface area contributed by atoms with Crippen LogP contribution in [0, 0.1) is 0 Å². The topological polar surface area (TPSA) is 12.5 Å². The van der Waals surface area contributed by atoms with E-state index in [9.17, 15) is 0 Å². The zero-order chi connectivity index (χ0) is 15.5. The average Bonchev–Trinajstić information content (AvgIpc) is 2.62. The summed E-state index contributed by atoms with van der Waals surface area (Å²) in [7, 11) is 0. The average molecular weight is 299 g/mol. The van der Waals surface area contributed by atoms with E-state index in [0.29, 0.717) is 0 Å². The number of para-hydroxylation sites is 4. The fraction of sp³-hybridized carbons (Fsp3) is 0.0476. The first-order chi connectivity index (χ1) is 11.4. The predicted molar refractivity (Wildman–Crippen MR) is 95.4 cm³/mol. The first-order valence-corrected chi connectivity index (χ1v) is 7.77. The van der Waals surface area contributed by atoms with Gasteiger partial charge in [0.2, 0.25) is 0 Å². The minimum atomic E-state index is 0.798. The van der Waals surface area contributed by atoms with Crippen molar-refractivity contribution < 1.29 is 4.74 Å². The summed E-state index contributed by atoms with van der Waals surface area (Å²) < 4.78 is 6.01. The van der Waals surface area contributed by atoms with Crippen LogP contribution in [0.2, 0.25) is 0 Å². The van der Waals surface area contributed by atoms with Crippen molar-refractivity contribution in [3.63, 3.8) is 0 Å². The van der Waals surface area contributed by atoms with Gasteiger partial charge in [-0.15, -0.1) is 0 Å². The number of ether oxygens (including phenoxy) is 1. The molecule has 1 heterocycles. The number of hydrogen-bond donors (Lipinski definition) is 0. The summed E-state index contributed by atoms with van der Waals surface area (Å²) in [6, 6.07) is 26.7. The Bertz CT molecular complexity index is 794. The van der Waals surface area contributed by atoms with Crippen LogP contribution in [-0.4, -0.2) is 6.54 Å². The molecule has 2 heteroatoms. The van der Waals surface area contributed by atoms with Crippen molar-refractivity contribution in [1.82, 2.24) is 0 Å². The molecule has 3 aromatic rings. The molecule has 1 aliphatic heterocycles. The lowest BCUT2D eigenvalue weighted by Crippen LogP contribution is -2.21. The Morgan fingerprint density at radius 1 is 0.696 bits per heavy atom. The zero-order valence-corrected chi connectivity index (χ0v) is 12.7. The van der Waals surface area contributed by atoms with Crippen LogP contribution < -0.4 is 9.64 Å². The predicted octanol–water partition coefficient (Wildman–Crippen LogP) is 5.64. The lowest BCUT2D eigenvalue weighted by atomic mass is 10.1. The Balaban J connectivity index is 1.66. The fourth-order valence-corrected chi connectivity index (χ4v) is 2.84. The third-order valence-corrected chi connectivity index (χ3v) is 3.93. The van der Waals surface area contributed by atoms with Gasteiger partial charge in [0.15, 0.2) is 11.5 Å². The molecule has 0 N–H and O–H groups in total. The van der Waals surface area contributed by atoms with Gasteiger partial charge < -0.3 is 9.64 Å². The SMILES string of the molecule is C(=C\c1ccccc1)/CN1c2ccccc2Oc2ccccc21. The second kappa shape index (κ2) is 6.01. The van der Waals surface area contributed by atoms with E-state index < -0.39 is 0 Å². The standard InChI is InChI=1S/C21H17NO/c1-2-9-17(10-3-1)11-8-16-22-18-12-4-6-14-20(18)23-21-15-7-5-13-19(21)22/h1-15H,16H2/b11-8+. The Morgan fingerprint density at radius 3 is 1.91 bits per heavy atom. The van der Waals surface area contributed by atoms with Gasteiger partial charge in [0.05, 0.1) is 11.4 Å². The Morgan fingerprint density at radius 2 is 1.26 bits per heavy atom. The summed E-state index contributed by atoms with van der Waals surface area (Å²) in [4.78, 5) is 2.29. The molecule has 0 radical (unpaired) electrons. The van der Waals surface area contributed by atoms with Gasteiger partial charge in [-0.2, -0.15) is 0 Å². The molecule has 3 aromatic carbocycles. The second-order valence-corrected chi connectivity index (χ2v) is 5.46. The maximum atomic E-state index is 6.01. The molecule has 23 heavy (non-hydrogen) atoms. The maximum absolute atomic E-state index is 6.01. The van der Waals surface area contributed by atoms with Crippen molar-refractivity contribution in [3.05, 3.63) is 90.5 Å². The van der Waals surface area contributed by atoms with Crippen LogP contribution in [0.3, 0.4) is 0 Å². The highest BCUT2D eigenvalue weighted by molar-refractivity contribution is 5.78. The van der Waals surface area contributed by atoms with Crippen molar-refractivity contribution in [3.8, 4) is 11.5 Å². The normalized spacial score (nSPS) is 12.6. The van der Waals surface area contributed by atoms with E-state index in [1.54, 1.807) is 0 Å². The molecule has 112 valence electrons. The minimum Gasteiger partial charge on any atom is -0.453 e. The monoisotopic (exact) mass is 299 g/mol. The van der Waals surface area contributed by atoms with Gasteiger partial charge in [-0.1, -0.05) is 66.7 Å². The van der Waals surface area contributed by atoms with Gasteiger partial charge in [-0.3, -0.25) is 0 Å². The highest BCUT2D eigenvalue weighted by atomic mass is 16.5. The molecule has 0 spiro atoms. The quantitative estimate of drug-likeness (QED) is 0.620. The Labute approximate surface area is 136 Å². The summed E-state index contributed by atoms with van der Waals surface area (Å²) in [5, 5.41) is 0. The molecule has 0 atom stereocenters. The molecule has 2 nitrogen and oxygen atoms in total. The highest BCUT2D eigenvalue weighted by Crippen LogP contribution is 2.45. The van der Waals surface area contributed by atoms with E-state index in [4.69, 9.17) is 4.74 Å². The van der Waals surface area contributed by atoms with E-state index in [-0.39, 0.29) is 0 Å². The summed E-state index contributed by atoms with van der Waals surface area (Å²) >= 11 is 0. The van der Waals surface area contributed by atoms with Gasteiger partial charge in [0.1, 0.15) is 0 Å². The zero-order valence-electron chi connectivity index (χ0n) is 12.7. The van der Waals surface area contributed by atoms with Crippen LogP contribution in [0.1, 0.15) is 5.56 Å². The van der Waals surface area contributed by atoms with E-state index in [2.05, 4.69) is 53.5 Å². The maximum Gasteiger partial charge on any atom is 0.151 e. The van der Waals surface area contributed by atoms with Crippen LogP contribution in [0.25, 0.3) is 6.08 Å². The van der Waals surface area contributed by atoms with E-state index in [1.807, 2.05) is 42.5 Å². The Kier molecular flexibility index (Phi) is 3.57. The third-order valence-electron chi connectivity index (χ3n) is 3.93. The lowest BCUT2D eigenvalue weighted by Gasteiger charge is -2.31. The van der Waals surface area contributed by atoms with Gasteiger partial charge >= 0.3 is 0 Å². The molecule has 0 unspecified atom stereocenters. The first kappa shape index (κ1) is 13.6. The van der Waals surface area contributed by atoms with Crippen molar-refractivity contribution in [2.45, 2.75) is 0 Å². The van der Waals surface area contributed by atoms with Crippen LogP contribution in [-0.2, 0) is 0 Å². The van der Waals surface area contributed by atoms with Crippen molar-refractivity contribution in [2.24, 2.45) is 0 Å². The molecular formula is C21H17NO. The summed E-state index contributed by atoms with van der Waals surface area (Å²) in [6.07, 6.45) is 4.34. The smallest absolute Gasteiger partial charge is 0.151 e. The summed E-state index contributed by atoms with van der Waals surface area (Å²) in [6.45, 7) is 0.798. The van der Waals surface area contributed by atoms with E-state index in [0.717, 1.165) is 29.4 Å². The largest absolute Gasteiger partial charge is 0.453 e. The molecule has 0 fully saturated rings. The number of anilines is 2. The molecular weight excluding hydrogens is 282 g/mol. The lowest BCUT2D eigenvalue weighted by molar-refractivity contribution is 0.474. The molecule has 0 saturated carbocycles. The number of hydrogen-bond acceptors (Lipinski definition) is 2. The molecule has 0 bridgehead atoms. The molecule has 0 amide bonds. The molecule has 4 rings (SSSR count). The summed E-state index contributed by atoms with van der Waals surface area (Å²) in [5.74, 6) is 1.80. The number of nitrogens with zero attached hydrogens (tertiary/aromatic N) is 1. The first-order valence-electron chi connectivity index (χ1n) is 7.77. The second-order valence-electron chi connectivity index (χ2n) is 5.46. The minimum absolute atomic E-state index is 0.798. The van der Waals surface area contributed by atoms with Crippen LogP contribution >= 0.6 is 0 Å². The van der Waals surface area contributed by atoms with Crippen LogP contribution in [0.5, 0.6) is 11.5 Å². The van der Waals surface area contributed by atoms with Crippen molar-refractivity contribution >= 4 is 17.5 Å². The van der Waals surface area contributed by atoms with Crippen LogP contribution in [0.4, 0.5) is 11.4 Å². The van der Waals surface area contributed by atoms with Crippen molar-refractivity contribution in [2.75, 3.05) is 11.4 Å². The van der Waals surface area contributed by atoms with Crippen molar-refractivity contribution in [1.29, 1.82) is 0 Å². The third kappa shape index (κ3) is 2.71. The Hall–Kier alpha value is -3.00. The molecule has 1 aliphatic rings. The molecule has 0 aromatic heterocycles. The molecule has 0 saturated heterocycles. The van der Waals surface area contributed by atoms with Gasteiger partial charge in [-0.05, 0) is 29.8 Å². The number of benzene rings is 3. The molecule has 0 aliphatic carbocycles. The van der Waals surface area contributed by atoms with Gasteiger partial charge in [-0.25, -0.2) is 0 Å². The summed E-state index contributed by atoms with van der Waals surface area (Å²) in [5.41, 5.74) is 3.41. The van der Waals surface area contributed by atoms with Gasteiger partial charge in [0.25, 0.3) is 0 Å². The fourth-order valence-electron chi connectivity index (χ4n) is 2.84. The van der Waals surface area contributed by atoms with E-state index >= 15 is 0 Å². The highest BCUT2D eigenvalue weighted by Gasteiger charge is 2.22.